The standard InChI is InChI=1S/C14H23N3OS/c1-14(2,3)12-10-19-13(16-12)8-11(18)9-17-6-4-15-5-7-17/h10,15H,4-9H2,1-3H3. The molecule has 0 aromatic carbocycles. The minimum absolute atomic E-state index is 0.0658. The number of nitrogens with zero attached hydrogens (tertiary/aromatic N) is 2. The van der Waals surface area contributed by atoms with Crippen LogP contribution in [0.25, 0.3) is 0 Å². The minimum atomic E-state index is 0.0658. The van der Waals surface area contributed by atoms with Gasteiger partial charge in [0, 0.05) is 37.0 Å². The molecule has 1 fully saturated rings. The quantitative estimate of drug-likeness (QED) is 0.907. The molecule has 1 aliphatic rings. The SMILES string of the molecule is CC(C)(C)c1csc(CC(=O)CN2CCNCC2)n1. The van der Waals surface area contributed by atoms with E-state index in [9.17, 15) is 4.79 Å². The zero-order valence-corrected chi connectivity index (χ0v) is 12.8. The largest absolute Gasteiger partial charge is 0.314 e. The van der Waals surface area contributed by atoms with E-state index in [0.717, 1.165) is 36.9 Å². The Hall–Kier alpha value is -0.780. The molecule has 1 aromatic heterocycles. The van der Waals surface area contributed by atoms with Crippen molar-refractivity contribution in [1.29, 1.82) is 0 Å². The van der Waals surface area contributed by atoms with Gasteiger partial charge in [-0.3, -0.25) is 9.69 Å². The topological polar surface area (TPSA) is 45.2 Å². The van der Waals surface area contributed by atoms with E-state index in [1.54, 1.807) is 11.3 Å². The van der Waals surface area contributed by atoms with Crippen LogP contribution in [0.1, 0.15) is 31.5 Å². The predicted molar refractivity (Wildman–Crippen MR) is 78.8 cm³/mol. The molecule has 2 heterocycles. The summed E-state index contributed by atoms with van der Waals surface area (Å²) in [5, 5.41) is 6.32. The second-order valence-electron chi connectivity index (χ2n) is 6.12. The molecule has 106 valence electrons. The van der Waals surface area contributed by atoms with Crippen LogP contribution in [-0.4, -0.2) is 48.4 Å². The Kier molecular flexibility index (Phi) is 4.71. The number of aromatic nitrogens is 1. The maximum Gasteiger partial charge on any atom is 0.153 e. The first-order valence-electron chi connectivity index (χ1n) is 6.85. The second-order valence-corrected chi connectivity index (χ2v) is 7.06. The molecule has 0 aliphatic carbocycles. The number of carbonyl (C=O) groups is 1. The van der Waals surface area contributed by atoms with Crippen LogP contribution in [0.4, 0.5) is 0 Å². The summed E-state index contributed by atoms with van der Waals surface area (Å²) in [6, 6.07) is 0. The van der Waals surface area contributed by atoms with Gasteiger partial charge in [-0.25, -0.2) is 4.98 Å². The summed E-state index contributed by atoms with van der Waals surface area (Å²) in [4.78, 5) is 18.8. The number of carbonyl (C=O) groups excluding carboxylic acids is 1. The summed E-state index contributed by atoms with van der Waals surface area (Å²) >= 11 is 1.60. The first kappa shape index (κ1) is 14.6. The third-order valence-corrected chi connectivity index (χ3v) is 4.13. The molecular weight excluding hydrogens is 258 g/mol. The summed E-state index contributed by atoms with van der Waals surface area (Å²) in [6.07, 6.45) is 0.477. The van der Waals surface area contributed by atoms with Crippen molar-refractivity contribution in [1.82, 2.24) is 15.2 Å². The van der Waals surface area contributed by atoms with Crippen molar-refractivity contribution in [3.8, 4) is 0 Å². The molecule has 19 heavy (non-hydrogen) atoms. The highest BCUT2D eigenvalue weighted by Gasteiger charge is 2.19. The summed E-state index contributed by atoms with van der Waals surface area (Å²) < 4.78 is 0. The van der Waals surface area contributed by atoms with E-state index in [4.69, 9.17) is 0 Å². The zero-order chi connectivity index (χ0) is 13.9. The van der Waals surface area contributed by atoms with Gasteiger partial charge < -0.3 is 5.32 Å². The molecule has 1 aromatic rings. The number of piperazine rings is 1. The highest BCUT2D eigenvalue weighted by Crippen LogP contribution is 2.24. The molecule has 0 saturated carbocycles. The molecule has 0 atom stereocenters. The molecule has 1 saturated heterocycles. The maximum atomic E-state index is 12.0. The average Bonchev–Trinajstić information content (AvgIpc) is 2.78. The molecule has 5 heteroatoms. The maximum absolute atomic E-state index is 12.0. The third-order valence-electron chi connectivity index (χ3n) is 3.28. The fourth-order valence-corrected chi connectivity index (χ4v) is 3.13. The van der Waals surface area contributed by atoms with Crippen LogP contribution in [0, 0.1) is 0 Å². The van der Waals surface area contributed by atoms with Crippen molar-refractivity contribution in [2.24, 2.45) is 0 Å². The van der Waals surface area contributed by atoms with Crippen molar-refractivity contribution in [2.75, 3.05) is 32.7 Å². The lowest BCUT2D eigenvalue weighted by atomic mass is 9.93. The van der Waals surface area contributed by atoms with Crippen LogP contribution < -0.4 is 5.32 Å². The van der Waals surface area contributed by atoms with Gasteiger partial charge in [0.15, 0.2) is 5.78 Å². The lowest BCUT2D eigenvalue weighted by molar-refractivity contribution is -0.119. The first-order valence-corrected chi connectivity index (χ1v) is 7.73. The first-order chi connectivity index (χ1) is 8.95. The normalized spacial score (nSPS) is 17.6. The number of rotatable bonds is 4. The molecule has 1 N–H and O–H groups in total. The molecule has 0 bridgehead atoms. The highest BCUT2D eigenvalue weighted by molar-refractivity contribution is 7.09. The summed E-state index contributed by atoms with van der Waals surface area (Å²) in [5.41, 5.74) is 1.15. The van der Waals surface area contributed by atoms with E-state index in [1.165, 1.54) is 0 Å². The molecule has 0 unspecified atom stereocenters. The number of Topliss-reactive ketones (excluding diaryl/α,β-unsaturated/α-hetero) is 1. The smallest absolute Gasteiger partial charge is 0.153 e. The third kappa shape index (κ3) is 4.37. The van der Waals surface area contributed by atoms with Crippen LogP contribution >= 0.6 is 11.3 Å². The van der Waals surface area contributed by atoms with Crippen LogP contribution in [-0.2, 0) is 16.6 Å². The van der Waals surface area contributed by atoms with Crippen LogP contribution in [0.3, 0.4) is 0 Å². The molecule has 4 nitrogen and oxygen atoms in total. The van der Waals surface area contributed by atoms with Crippen molar-refractivity contribution in [3.05, 3.63) is 16.1 Å². The number of hydrogen-bond donors (Lipinski definition) is 1. The van der Waals surface area contributed by atoms with Gasteiger partial charge in [-0.1, -0.05) is 20.8 Å². The summed E-state index contributed by atoms with van der Waals surface area (Å²) in [7, 11) is 0. The van der Waals surface area contributed by atoms with Crippen LogP contribution in [0.2, 0.25) is 0 Å². The van der Waals surface area contributed by atoms with Gasteiger partial charge in [-0.15, -0.1) is 11.3 Å². The lowest BCUT2D eigenvalue weighted by Gasteiger charge is -2.26. The van der Waals surface area contributed by atoms with Gasteiger partial charge in [0.05, 0.1) is 18.7 Å². The Bertz CT molecular complexity index is 430. The van der Waals surface area contributed by atoms with E-state index >= 15 is 0 Å². The molecular formula is C14H23N3OS. The fraction of sp³-hybridized carbons (Fsp3) is 0.714. The van der Waals surface area contributed by atoms with E-state index in [0.29, 0.717) is 13.0 Å². The van der Waals surface area contributed by atoms with Crippen molar-refractivity contribution in [2.45, 2.75) is 32.6 Å². The lowest BCUT2D eigenvalue weighted by Crippen LogP contribution is -2.45. The second kappa shape index (κ2) is 6.11. The number of ketones is 1. The van der Waals surface area contributed by atoms with E-state index in [2.05, 4.69) is 41.4 Å². The molecule has 2 rings (SSSR count). The average molecular weight is 281 g/mol. The Labute approximate surface area is 119 Å². The number of thiazole rings is 1. The molecule has 0 amide bonds. The monoisotopic (exact) mass is 281 g/mol. The Balaban J connectivity index is 1.86. The summed E-state index contributed by atoms with van der Waals surface area (Å²) in [6.45, 7) is 10.9. The molecule has 0 spiro atoms. The van der Waals surface area contributed by atoms with Gasteiger partial charge >= 0.3 is 0 Å². The van der Waals surface area contributed by atoms with Crippen LogP contribution in [0.5, 0.6) is 0 Å². The van der Waals surface area contributed by atoms with E-state index < -0.39 is 0 Å². The Morgan fingerprint density at radius 2 is 2.11 bits per heavy atom. The Morgan fingerprint density at radius 1 is 1.42 bits per heavy atom. The van der Waals surface area contributed by atoms with Crippen molar-refractivity contribution < 1.29 is 4.79 Å². The van der Waals surface area contributed by atoms with E-state index in [-0.39, 0.29) is 11.2 Å². The van der Waals surface area contributed by atoms with Gasteiger partial charge in [-0.05, 0) is 0 Å². The highest BCUT2D eigenvalue weighted by atomic mass is 32.1. The number of hydrogen-bond acceptors (Lipinski definition) is 5. The van der Waals surface area contributed by atoms with Crippen LogP contribution in [0.15, 0.2) is 5.38 Å². The Morgan fingerprint density at radius 3 is 2.68 bits per heavy atom. The summed E-state index contributed by atoms with van der Waals surface area (Å²) in [5.74, 6) is 0.275. The minimum Gasteiger partial charge on any atom is -0.314 e. The van der Waals surface area contributed by atoms with Crippen molar-refractivity contribution in [3.63, 3.8) is 0 Å². The fourth-order valence-electron chi connectivity index (χ4n) is 2.08. The number of nitrogens with one attached hydrogen (secondary N) is 1. The zero-order valence-electron chi connectivity index (χ0n) is 12.0. The molecule has 1 aliphatic heterocycles. The van der Waals surface area contributed by atoms with Gasteiger partial charge in [-0.2, -0.15) is 0 Å². The predicted octanol–water partition coefficient (Wildman–Crippen LogP) is 1.46. The van der Waals surface area contributed by atoms with E-state index in [1.807, 2.05) is 0 Å². The van der Waals surface area contributed by atoms with Gasteiger partial charge in [0.1, 0.15) is 5.01 Å². The molecule has 0 radical (unpaired) electrons. The van der Waals surface area contributed by atoms with Crippen molar-refractivity contribution >= 4 is 17.1 Å². The van der Waals surface area contributed by atoms with Gasteiger partial charge in [0.25, 0.3) is 0 Å². The van der Waals surface area contributed by atoms with Gasteiger partial charge in [0.2, 0.25) is 0 Å².